The van der Waals surface area contributed by atoms with E-state index in [9.17, 15) is 8.42 Å². The Bertz CT molecular complexity index is 525. The smallest absolute Gasteiger partial charge is 0.212 e. The van der Waals surface area contributed by atoms with Crippen molar-refractivity contribution in [2.24, 2.45) is 5.92 Å². The number of aliphatic hydroxyl groups is 1. The monoisotopic (exact) mass is 281 g/mol. The normalized spacial score (nSPS) is 22.8. The van der Waals surface area contributed by atoms with Crippen LogP contribution in [0.25, 0.3) is 0 Å². The number of sulfonamides is 1. The first-order valence-electron chi connectivity index (χ1n) is 6.42. The molecule has 0 bridgehead atoms. The van der Waals surface area contributed by atoms with E-state index in [0.29, 0.717) is 12.8 Å². The summed E-state index contributed by atoms with van der Waals surface area (Å²) in [5, 5.41) is 9.01. The van der Waals surface area contributed by atoms with Crippen LogP contribution >= 0.6 is 0 Å². The predicted molar refractivity (Wildman–Crippen MR) is 75.2 cm³/mol. The Labute approximate surface area is 114 Å². The van der Waals surface area contributed by atoms with Crippen LogP contribution in [0.2, 0.25) is 0 Å². The Morgan fingerprint density at radius 3 is 2.58 bits per heavy atom. The highest BCUT2D eigenvalue weighted by Crippen LogP contribution is 2.17. The van der Waals surface area contributed by atoms with Gasteiger partial charge in [0.25, 0.3) is 0 Å². The molecule has 5 heteroatoms. The minimum absolute atomic E-state index is 0.0682. The molecule has 4 nitrogen and oxygen atoms in total. The van der Waals surface area contributed by atoms with Crippen molar-refractivity contribution in [3.8, 4) is 0 Å². The van der Waals surface area contributed by atoms with Crippen LogP contribution in [0, 0.1) is 5.92 Å². The zero-order valence-electron chi connectivity index (χ0n) is 10.7. The summed E-state index contributed by atoms with van der Waals surface area (Å²) >= 11 is 0. The summed E-state index contributed by atoms with van der Waals surface area (Å²) in [4.78, 5) is 0. The molecule has 0 radical (unpaired) electrons. The zero-order chi connectivity index (χ0) is 13.7. The van der Waals surface area contributed by atoms with Crippen molar-refractivity contribution in [2.45, 2.75) is 18.9 Å². The first-order chi connectivity index (χ1) is 9.09. The molecular formula is C14H19NO3S. The molecule has 1 aliphatic carbocycles. The molecule has 0 saturated heterocycles. The van der Waals surface area contributed by atoms with Crippen LogP contribution in [0.15, 0.2) is 42.5 Å². The third kappa shape index (κ3) is 4.45. The van der Waals surface area contributed by atoms with Crippen LogP contribution in [-0.4, -0.2) is 31.9 Å². The topological polar surface area (TPSA) is 66.4 Å². The lowest BCUT2D eigenvalue weighted by Gasteiger charge is -2.13. The highest BCUT2D eigenvalue weighted by atomic mass is 32.2. The predicted octanol–water partition coefficient (Wildman–Crippen LogP) is 1.09. The van der Waals surface area contributed by atoms with Gasteiger partial charge in [0.1, 0.15) is 0 Å². The van der Waals surface area contributed by atoms with Gasteiger partial charge < -0.3 is 5.11 Å². The van der Waals surface area contributed by atoms with Crippen molar-refractivity contribution in [2.75, 3.05) is 12.4 Å². The Hall–Kier alpha value is -1.17. The average molecular weight is 281 g/mol. The van der Waals surface area contributed by atoms with Crippen molar-refractivity contribution in [3.63, 3.8) is 0 Å². The van der Waals surface area contributed by atoms with Crippen LogP contribution in [0.1, 0.15) is 12.0 Å². The molecule has 0 fully saturated rings. The summed E-state index contributed by atoms with van der Waals surface area (Å²) in [5.41, 5.74) is 1.02. The van der Waals surface area contributed by atoms with Gasteiger partial charge in [0.2, 0.25) is 10.0 Å². The van der Waals surface area contributed by atoms with Gasteiger partial charge in [-0.15, -0.1) is 0 Å². The Balaban J connectivity index is 1.84. The maximum absolute atomic E-state index is 11.9. The highest BCUT2D eigenvalue weighted by molar-refractivity contribution is 7.89. The number of aliphatic hydroxyl groups excluding tert-OH is 1. The SMILES string of the molecule is O=S(=O)(CCc1ccccc1)N[C@@H]1C=C[C@H](CO)C1. The summed E-state index contributed by atoms with van der Waals surface area (Å²) in [6.07, 6.45) is 4.84. The van der Waals surface area contributed by atoms with Gasteiger partial charge in [-0.05, 0) is 18.4 Å². The highest BCUT2D eigenvalue weighted by Gasteiger charge is 2.22. The van der Waals surface area contributed by atoms with Gasteiger partial charge in [0, 0.05) is 18.6 Å². The summed E-state index contributed by atoms with van der Waals surface area (Å²) in [5.74, 6) is 0.160. The summed E-state index contributed by atoms with van der Waals surface area (Å²) < 4.78 is 26.6. The molecular weight excluding hydrogens is 262 g/mol. The number of benzene rings is 1. The van der Waals surface area contributed by atoms with Gasteiger partial charge in [-0.2, -0.15) is 0 Å². The van der Waals surface area contributed by atoms with Crippen LogP contribution in [-0.2, 0) is 16.4 Å². The van der Waals surface area contributed by atoms with E-state index in [1.54, 1.807) is 0 Å². The second-order valence-electron chi connectivity index (χ2n) is 4.84. The van der Waals surface area contributed by atoms with Crippen LogP contribution < -0.4 is 4.72 Å². The van der Waals surface area contributed by atoms with E-state index in [-0.39, 0.29) is 24.3 Å². The molecule has 1 aromatic carbocycles. The second kappa shape index (κ2) is 6.32. The molecule has 104 valence electrons. The lowest BCUT2D eigenvalue weighted by molar-refractivity contribution is 0.248. The van der Waals surface area contributed by atoms with E-state index in [1.807, 2.05) is 42.5 Å². The van der Waals surface area contributed by atoms with Crippen molar-refractivity contribution in [3.05, 3.63) is 48.0 Å². The summed E-state index contributed by atoms with van der Waals surface area (Å²) in [6.45, 7) is 0.0682. The number of hydrogen-bond donors (Lipinski definition) is 2. The van der Waals surface area contributed by atoms with E-state index >= 15 is 0 Å². The molecule has 0 aromatic heterocycles. The number of rotatable bonds is 6. The van der Waals surface area contributed by atoms with Crippen LogP contribution in [0.3, 0.4) is 0 Å². The van der Waals surface area contributed by atoms with Crippen LogP contribution in [0.4, 0.5) is 0 Å². The fourth-order valence-electron chi connectivity index (χ4n) is 2.18. The van der Waals surface area contributed by atoms with Crippen molar-refractivity contribution >= 4 is 10.0 Å². The number of aryl methyl sites for hydroxylation is 1. The van der Waals surface area contributed by atoms with E-state index < -0.39 is 10.0 Å². The molecule has 2 atom stereocenters. The first-order valence-corrected chi connectivity index (χ1v) is 8.07. The van der Waals surface area contributed by atoms with E-state index in [0.717, 1.165) is 5.56 Å². The van der Waals surface area contributed by atoms with Gasteiger partial charge in [-0.3, -0.25) is 0 Å². The second-order valence-corrected chi connectivity index (χ2v) is 6.72. The van der Waals surface area contributed by atoms with Crippen molar-refractivity contribution in [1.82, 2.24) is 4.72 Å². The molecule has 0 spiro atoms. The minimum atomic E-state index is -3.28. The first kappa shape index (κ1) is 14.2. The number of hydrogen-bond acceptors (Lipinski definition) is 3. The van der Waals surface area contributed by atoms with Gasteiger partial charge in [0.05, 0.1) is 5.75 Å². The summed E-state index contributed by atoms with van der Waals surface area (Å²) in [7, 11) is -3.28. The third-order valence-electron chi connectivity index (χ3n) is 3.24. The molecule has 1 aromatic rings. The lowest BCUT2D eigenvalue weighted by Crippen LogP contribution is -2.35. The molecule has 19 heavy (non-hydrogen) atoms. The van der Waals surface area contributed by atoms with Crippen molar-refractivity contribution in [1.29, 1.82) is 0 Å². The van der Waals surface area contributed by atoms with Gasteiger partial charge >= 0.3 is 0 Å². The molecule has 0 heterocycles. The Morgan fingerprint density at radius 1 is 1.21 bits per heavy atom. The molecule has 0 saturated carbocycles. The molecule has 0 amide bonds. The molecule has 0 aliphatic heterocycles. The summed E-state index contributed by atoms with van der Waals surface area (Å²) in [6, 6.07) is 9.38. The van der Waals surface area contributed by atoms with E-state index in [4.69, 9.17) is 5.11 Å². The fraction of sp³-hybridized carbons (Fsp3) is 0.429. The largest absolute Gasteiger partial charge is 0.396 e. The minimum Gasteiger partial charge on any atom is -0.396 e. The maximum atomic E-state index is 11.9. The third-order valence-corrected chi connectivity index (χ3v) is 4.64. The molecule has 2 N–H and O–H groups in total. The Morgan fingerprint density at radius 2 is 1.95 bits per heavy atom. The van der Waals surface area contributed by atoms with E-state index in [1.165, 1.54) is 0 Å². The van der Waals surface area contributed by atoms with Gasteiger partial charge in [-0.1, -0.05) is 42.5 Å². The average Bonchev–Trinajstić information content (AvgIpc) is 2.85. The standard InChI is InChI=1S/C14H19NO3S/c16-11-13-6-7-14(10-13)15-19(17,18)9-8-12-4-2-1-3-5-12/h1-7,13-16H,8-11H2/t13-,14+/m0/s1. The lowest BCUT2D eigenvalue weighted by atomic mass is 10.1. The Kier molecular flexibility index (Phi) is 4.74. The molecule has 2 rings (SSSR count). The van der Waals surface area contributed by atoms with E-state index in [2.05, 4.69) is 4.72 Å². The molecule has 0 unspecified atom stereocenters. The van der Waals surface area contributed by atoms with Crippen molar-refractivity contribution < 1.29 is 13.5 Å². The fourth-order valence-corrected chi connectivity index (χ4v) is 3.44. The van der Waals surface area contributed by atoms with Gasteiger partial charge in [-0.25, -0.2) is 13.1 Å². The maximum Gasteiger partial charge on any atom is 0.212 e. The van der Waals surface area contributed by atoms with Crippen LogP contribution in [0.5, 0.6) is 0 Å². The van der Waals surface area contributed by atoms with Gasteiger partial charge in [0.15, 0.2) is 0 Å². The molecule has 1 aliphatic rings. The zero-order valence-corrected chi connectivity index (χ0v) is 11.5. The quantitative estimate of drug-likeness (QED) is 0.767. The number of nitrogens with one attached hydrogen (secondary N) is 1.